The molecular formula is C25H26O4. The van der Waals surface area contributed by atoms with E-state index in [-0.39, 0.29) is 28.6 Å². The summed E-state index contributed by atoms with van der Waals surface area (Å²) in [6.07, 6.45) is 8.89. The van der Waals surface area contributed by atoms with Gasteiger partial charge in [0.05, 0.1) is 5.56 Å². The van der Waals surface area contributed by atoms with Crippen molar-refractivity contribution in [1.82, 2.24) is 0 Å². The Balaban J connectivity index is 2.15. The lowest BCUT2D eigenvalue weighted by atomic mass is 9.92. The molecule has 29 heavy (non-hydrogen) atoms. The van der Waals surface area contributed by atoms with Crippen molar-refractivity contribution in [1.29, 1.82) is 0 Å². The molecule has 0 radical (unpaired) electrons. The van der Waals surface area contributed by atoms with Crippen molar-refractivity contribution in [2.45, 2.75) is 39.7 Å². The van der Waals surface area contributed by atoms with Crippen molar-refractivity contribution in [3.05, 3.63) is 76.4 Å². The summed E-state index contributed by atoms with van der Waals surface area (Å²) in [6.45, 7) is 7.58. The molecule has 1 aliphatic rings. The van der Waals surface area contributed by atoms with Gasteiger partial charge in [0.25, 0.3) is 0 Å². The highest BCUT2D eigenvalue weighted by Crippen LogP contribution is 2.47. The van der Waals surface area contributed by atoms with Crippen LogP contribution >= 0.6 is 0 Å². The van der Waals surface area contributed by atoms with E-state index in [0.717, 1.165) is 11.1 Å². The standard InChI is InChI=1S/C25H26O4/c1-16(2)10-12-18-22(27)19-14-15-25(3,4)29-24(19)21(23(18)28)20(26)13-11-17-8-6-5-7-9-17/h5-11,13-15,27-28H,12H2,1-4H3/b13-11+. The SMILES string of the molecule is CC(C)=CCc1c(O)c2c(c(C(=O)/C=C/c3ccccc3)c1O)OC(C)(C)C=C2. The lowest BCUT2D eigenvalue weighted by Gasteiger charge is -2.30. The van der Waals surface area contributed by atoms with Gasteiger partial charge < -0.3 is 14.9 Å². The number of ether oxygens (including phenoxy) is 1. The van der Waals surface area contributed by atoms with Crippen LogP contribution in [0.1, 0.15) is 54.7 Å². The molecule has 0 atom stereocenters. The van der Waals surface area contributed by atoms with Gasteiger partial charge in [-0.05, 0) is 57.9 Å². The highest BCUT2D eigenvalue weighted by molar-refractivity contribution is 6.12. The first kappa shape index (κ1) is 20.5. The fourth-order valence-corrected chi connectivity index (χ4v) is 3.16. The summed E-state index contributed by atoms with van der Waals surface area (Å²) < 4.78 is 5.99. The molecule has 0 fully saturated rings. The lowest BCUT2D eigenvalue weighted by Crippen LogP contribution is -2.28. The van der Waals surface area contributed by atoms with Crippen molar-refractivity contribution in [2.24, 2.45) is 0 Å². The lowest BCUT2D eigenvalue weighted by molar-refractivity contribution is 0.103. The maximum atomic E-state index is 13.1. The molecule has 0 spiro atoms. The molecule has 2 N–H and O–H groups in total. The average Bonchev–Trinajstić information content (AvgIpc) is 2.66. The largest absolute Gasteiger partial charge is 0.507 e. The van der Waals surface area contributed by atoms with Crippen LogP contribution < -0.4 is 4.74 Å². The van der Waals surface area contributed by atoms with Gasteiger partial charge in [0, 0.05) is 5.56 Å². The zero-order valence-electron chi connectivity index (χ0n) is 17.2. The monoisotopic (exact) mass is 390 g/mol. The molecule has 0 aromatic heterocycles. The molecular weight excluding hydrogens is 364 g/mol. The van der Waals surface area contributed by atoms with Crippen LogP contribution in [0.5, 0.6) is 17.2 Å². The molecule has 0 saturated carbocycles. The number of hydrogen-bond acceptors (Lipinski definition) is 4. The molecule has 0 saturated heterocycles. The molecule has 1 heterocycles. The second kappa shape index (κ2) is 8.00. The Kier molecular flexibility index (Phi) is 5.64. The molecule has 4 heteroatoms. The van der Waals surface area contributed by atoms with Crippen LogP contribution in [0.15, 0.2) is 54.1 Å². The molecule has 4 nitrogen and oxygen atoms in total. The second-order valence-electron chi connectivity index (χ2n) is 7.93. The molecule has 3 rings (SSSR count). The predicted octanol–water partition coefficient (Wildman–Crippen LogP) is 5.69. The first-order valence-electron chi connectivity index (χ1n) is 9.59. The van der Waals surface area contributed by atoms with Gasteiger partial charge in [-0.3, -0.25) is 4.79 Å². The number of aromatic hydroxyl groups is 2. The van der Waals surface area contributed by atoms with Crippen molar-refractivity contribution < 1.29 is 19.7 Å². The van der Waals surface area contributed by atoms with E-state index >= 15 is 0 Å². The summed E-state index contributed by atoms with van der Waals surface area (Å²) in [7, 11) is 0. The van der Waals surface area contributed by atoms with Gasteiger partial charge in [-0.15, -0.1) is 0 Å². The second-order valence-corrected chi connectivity index (χ2v) is 7.93. The van der Waals surface area contributed by atoms with Gasteiger partial charge in [-0.1, -0.05) is 48.1 Å². The molecule has 0 bridgehead atoms. The van der Waals surface area contributed by atoms with E-state index in [4.69, 9.17) is 4.74 Å². The van der Waals surface area contributed by atoms with E-state index in [9.17, 15) is 15.0 Å². The highest BCUT2D eigenvalue weighted by atomic mass is 16.5. The van der Waals surface area contributed by atoms with Gasteiger partial charge >= 0.3 is 0 Å². The van der Waals surface area contributed by atoms with E-state index in [1.807, 2.05) is 70.2 Å². The van der Waals surface area contributed by atoms with E-state index in [2.05, 4.69) is 0 Å². The molecule has 1 aliphatic heterocycles. The minimum atomic E-state index is -0.661. The summed E-state index contributed by atoms with van der Waals surface area (Å²) >= 11 is 0. The summed E-state index contributed by atoms with van der Waals surface area (Å²) in [5.41, 5.74) is 2.06. The third-order valence-electron chi connectivity index (χ3n) is 4.74. The van der Waals surface area contributed by atoms with Crippen molar-refractivity contribution in [2.75, 3.05) is 0 Å². The van der Waals surface area contributed by atoms with Crippen LogP contribution in [0.2, 0.25) is 0 Å². The Morgan fingerprint density at radius 2 is 1.79 bits per heavy atom. The zero-order chi connectivity index (χ0) is 21.2. The Morgan fingerprint density at radius 1 is 1.10 bits per heavy atom. The Labute approximate surface area is 171 Å². The molecule has 0 amide bonds. The first-order chi connectivity index (χ1) is 13.7. The molecule has 2 aromatic rings. The molecule has 2 aromatic carbocycles. The number of phenols is 2. The Bertz CT molecular complexity index is 1020. The quantitative estimate of drug-likeness (QED) is 0.391. The smallest absolute Gasteiger partial charge is 0.193 e. The van der Waals surface area contributed by atoms with Crippen LogP contribution in [0.25, 0.3) is 12.2 Å². The van der Waals surface area contributed by atoms with E-state index in [0.29, 0.717) is 17.5 Å². The Morgan fingerprint density at radius 3 is 2.45 bits per heavy atom. The fourth-order valence-electron chi connectivity index (χ4n) is 3.16. The van der Waals surface area contributed by atoms with Crippen molar-refractivity contribution in [3.8, 4) is 17.2 Å². The van der Waals surface area contributed by atoms with Gasteiger partial charge in [0.2, 0.25) is 0 Å². The van der Waals surface area contributed by atoms with E-state index < -0.39 is 5.60 Å². The molecule has 0 unspecified atom stereocenters. The van der Waals surface area contributed by atoms with Gasteiger partial charge in [-0.25, -0.2) is 0 Å². The topological polar surface area (TPSA) is 66.8 Å². The van der Waals surface area contributed by atoms with E-state index in [1.54, 1.807) is 12.2 Å². The number of allylic oxidation sites excluding steroid dienone is 3. The number of phenolic OH excluding ortho intramolecular Hbond substituents is 2. The Hall–Kier alpha value is -3.27. The minimum Gasteiger partial charge on any atom is -0.507 e. The average molecular weight is 390 g/mol. The first-order valence-corrected chi connectivity index (χ1v) is 9.59. The molecule has 0 aliphatic carbocycles. The van der Waals surface area contributed by atoms with Crippen molar-refractivity contribution >= 4 is 17.9 Å². The maximum absolute atomic E-state index is 13.1. The number of fused-ring (bicyclic) bond motifs is 1. The summed E-state index contributed by atoms with van der Waals surface area (Å²) in [5, 5.41) is 21.7. The number of carbonyl (C=O) groups excluding carboxylic acids is 1. The van der Waals surface area contributed by atoms with Crippen LogP contribution in [0.3, 0.4) is 0 Å². The van der Waals surface area contributed by atoms with Crippen LogP contribution in [-0.4, -0.2) is 21.6 Å². The van der Waals surface area contributed by atoms with E-state index in [1.165, 1.54) is 6.08 Å². The van der Waals surface area contributed by atoms with Crippen molar-refractivity contribution in [3.63, 3.8) is 0 Å². The summed E-state index contributed by atoms with van der Waals surface area (Å²) in [4.78, 5) is 13.1. The third kappa shape index (κ3) is 4.43. The molecule has 150 valence electrons. The number of ketones is 1. The summed E-state index contributed by atoms with van der Waals surface area (Å²) in [6, 6.07) is 9.45. The van der Waals surface area contributed by atoms with Crippen LogP contribution in [0, 0.1) is 0 Å². The van der Waals surface area contributed by atoms with Gasteiger partial charge in [0.1, 0.15) is 28.4 Å². The predicted molar refractivity (Wildman–Crippen MR) is 116 cm³/mol. The fraction of sp³-hybridized carbons (Fsp3) is 0.240. The number of benzene rings is 2. The maximum Gasteiger partial charge on any atom is 0.193 e. The zero-order valence-corrected chi connectivity index (χ0v) is 17.2. The minimum absolute atomic E-state index is 0.0645. The van der Waals surface area contributed by atoms with Gasteiger partial charge in [0.15, 0.2) is 5.78 Å². The summed E-state index contributed by atoms with van der Waals surface area (Å²) in [5.74, 6) is -0.485. The number of rotatable bonds is 5. The normalized spacial score (nSPS) is 14.3. The highest BCUT2D eigenvalue weighted by Gasteiger charge is 2.32. The number of hydrogen-bond donors (Lipinski definition) is 2. The van der Waals surface area contributed by atoms with Crippen LogP contribution in [-0.2, 0) is 6.42 Å². The third-order valence-corrected chi connectivity index (χ3v) is 4.74. The number of carbonyl (C=O) groups is 1. The van der Waals surface area contributed by atoms with Crippen LogP contribution in [0.4, 0.5) is 0 Å². The van der Waals surface area contributed by atoms with Gasteiger partial charge in [-0.2, -0.15) is 0 Å².